The lowest BCUT2D eigenvalue weighted by Gasteiger charge is -2.27. The fraction of sp³-hybridized carbons (Fsp3) is 0.500. The van der Waals surface area contributed by atoms with E-state index in [4.69, 9.17) is 5.73 Å². The molecule has 1 aromatic carbocycles. The van der Waals surface area contributed by atoms with Crippen LogP contribution in [0.4, 0.5) is 11.4 Å². The molecule has 0 aliphatic heterocycles. The quantitative estimate of drug-likeness (QED) is 0.587. The molecular weight excluding hydrogens is 268 g/mol. The number of rotatable bonds is 4. The molecule has 1 aliphatic rings. The van der Waals surface area contributed by atoms with Crippen molar-refractivity contribution in [1.82, 2.24) is 0 Å². The molecule has 1 amide bonds. The Kier molecular flexibility index (Phi) is 4.83. The fourth-order valence-corrected chi connectivity index (χ4v) is 2.98. The maximum absolute atomic E-state index is 12.2. The molecule has 0 spiro atoms. The number of aliphatic carboxylic acids is 1. The van der Waals surface area contributed by atoms with Gasteiger partial charge >= 0.3 is 5.97 Å². The molecule has 114 valence electrons. The lowest BCUT2D eigenvalue weighted by Crippen LogP contribution is -2.35. The number of carboxylic acids is 1. The minimum atomic E-state index is -0.926. The van der Waals surface area contributed by atoms with Gasteiger partial charge in [0.1, 0.15) is 0 Å². The van der Waals surface area contributed by atoms with Gasteiger partial charge in [0.15, 0.2) is 0 Å². The van der Waals surface area contributed by atoms with Crippen LogP contribution in [0.2, 0.25) is 0 Å². The monoisotopic (exact) mass is 290 g/mol. The number of nitrogens with two attached hydrogens (primary N) is 1. The van der Waals surface area contributed by atoms with E-state index in [9.17, 15) is 14.7 Å². The molecule has 2 rings (SSSR count). The minimum absolute atomic E-state index is 0.0106. The largest absolute Gasteiger partial charge is 0.481 e. The molecule has 0 radical (unpaired) electrons. The highest BCUT2D eigenvalue weighted by atomic mass is 16.4. The first-order chi connectivity index (χ1) is 10.0. The van der Waals surface area contributed by atoms with Gasteiger partial charge in [-0.1, -0.05) is 37.8 Å². The van der Waals surface area contributed by atoms with E-state index in [-0.39, 0.29) is 12.3 Å². The van der Waals surface area contributed by atoms with E-state index in [1.807, 2.05) is 0 Å². The van der Waals surface area contributed by atoms with Crippen LogP contribution in [0.3, 0.4) is 0 Å². The smallest absolute Gasteiger partial charge is 0.310 e. The number of hydrogen-bond donors (Lipinski definition) is 3. The summed E-state index contributed by atoms with van der Waals surface area (Å²) >= 11 is 0. The van der Waals surface area contributed by atoms with Crippen molar-refractivity contribution in [3.63, 3.8) is 0 Å². The number of hydrogen-bond acceptors (Lipinski definition) is 3. The van der Waals surface area contributed by atoms with Crippen molar-refractivity contribution >= 4 is 23.3 Å². The van der Waals surface area contributed by atoms with Crippen molar-refractivity contribution in [2.24, 2.45) is 5.41 Å². The van der Waals surface area contributed by atoms with Crippen LogP contribution in [0.15, 0.2) is 24.3 Å². The van der Waals surface area contributed by atoms with Crippen LogP contribution >= 0.6 is 0 Å². The highest BCUT2D eigenvalue weighted by Gasteiger charge is 2.40. The Morgan fingerprint density at radius 2 is 1.76 bits per heavy atom. The van der Waals surface area contributed by atoms with E-state index in [0.29, 0.717) is 24.2 Å². The molecule has 0 unspecified atom stereocenters. The molecule has 1 aromatic rings. The summed E-state index contributed by atoms with van der Waals surface area (Å²) in [6.45, 7) is 0. The lowest BCUT2D eigenvalue weighted by atomic mass is 9.77. The molecule has 0 bridgehead atoms. The number of nitrogen functional groups attached to an aromatic ring is 1. The van der Waals surface area contributed by atoms with Crippen molar-refractivity contribution in [2.45, 2.75) is 44.9 Å². The van der Waals surface area contributed by atoms with Crippen molar-refractivity contribution in [1.29, 1.82) is 0 Å². The molecule has 1 fully saturated rings. The second-order valence-corrected chi connectivity index (χ2v) is 5.81. The van der Waals surface area contributed by atoms with Crippen LogP contribution < -0.4 is 11.1 Å². The number of amides is 1. The Morgan fingerprint density at radius 3 is 2.33 bits per heavy atom. The van der Waals surface area contributed by atoms with Crippen LogP contribution in [0.1, 0.15) is 44.9 Å². The van der Waals surface area contributed by atoms with Gasteiger partial charge in [-0.25, -0.2) is 0 Å². The van der Waals surface area contributed by atoms with Crippen molar-refractivity contribution in [3.8, 4) is 0 Å². The summed E-state index contributed by atoms with van der Waals surface area (Å²) in [6, 6.07) is 6.99. The molecule has 0 atom stereocenters. The number of para-hydroxylation sites is 2. The molecule has 0 aromatic heterocycles. The summed E-state index contributed by atoms with van der Waals surface area (Å²) in [7, 11) is 0. The lowest BCUT2D eigenvalue weighted by molar-refractivity contribution is -0.152. The van der Waals surface area contributed by atoms with Crippen molar-refractivity contribution < 1.29 is 14.7 Å². The maximum Gasteiger partial charge on any atom is 0.310 e. The molecule has 4 N–H and O–H groups in total. The third-order valence-electron chi connectivity index (χ3n) is 4.25. The first-order valence-corrected chi connectivity index (χ1v) is 7.41. The Hall–Kier alpha value is -2.04. The summed E-state index contributed by atoms with van der Waals surface area (Å²) in [5.74, 6) is -1.14. The van der Waals surface area contributed by atoms with Gasteiger partial charge in [-0.2, -0.15) is 0 Å². The van der Waals surface area contributed by atoms with E-state index in [0.717, 1.165) is 25.7 Å². The Labute approximate surface area is 124 Å². The summed E-state index contributed by atoms with van der Waals surface area (Å²) in [6.07, 6.45) is 4.97. The summed E-state index contributed by atoms with van der Waals surface area (Å²) in [4.78, 5) is 23.9. The number of anilines is 2. The zero-order chi connectivity index (χ0) is 15.3. The second-order valence-electron chi connectivity index (χ2n) is 5.81. The van der Waals surface area contributed by atoms with Gasteiger partial charge in [0.05, 0.1) is 16.8 Å². The van der Waals surface area contributed by atoms with E-state index in [2.05, 4.69) is 5.32 Å². The number of nitrogens with one attached hydrogen (secondary N) is 1. The normalized spacial score (nSPS) is 17.7. The summed E-state index contributed by atoms with van der Waals surface area (Å²) < 4.78 is 0. The van der Waals surface area contributed by atoms with Crippen LogP contribution in [0, 0.1) is 5.41 Å². The highest BCUT2D eigenvalue weighted by molar-refractivity contribution is 5.96. The van der Waals surface area contributed by atoms with Gasteiger partial charge < -0.3 is 16.2 Å². The van der Waals surface area contributed by atoms with Gasteiger partial charge in [-0.05, 0) is 25.0 Å². The SMILES string of the molecule is Nc1ccccc1NC(=O)CC1(C(=O)O)CCCCCC1. The maximum atomic E-state index is 12.2. The third-order valence-corrected chi connectivity index (χ3v) is 4.25. The molecule has 21 heavy (non-hydrogen) atoms. The number of carbonyl (C=O) groups is 2. The van der Waals surface area contributed by atoms with Crippen LogP contribution in [-0.2, 0) is 9.59 Å². The summed E-state index contributed by atoms with van der Waals surface area (Å²) in [5, 5.41) is 12.3. The van der Waals surface area contributed by atoms with Gasteiger partial charge in [-0.15, -0.1) is 0 Å². The molecule has 0 heterocycles. The predicted octanol–water partition coefficient (Wildman–Crippen LogP) is 3.02. The minimum Gasteiger partial charge on any atom is -0.481 e. The van der Waals surface area contributed by atoms with Gasteiger partial charge in [0.25, 0.3) is 0 Å². The average molecular weight is 290 g/mol. The standard InChI is InChI=1S/C16H22N2O3/c17-12-7-3-4-8-13(12)18-14(19)11-16(15(20)21)9-5-1-2-6-10-16/h3-4,7-8H,1-2,5-6,9-11,17H2,(H,18,19)(H,20,21). The van der Waals surface area contributed by atoms with Gasteiger partial charge in [0, 0.05) is 6.42 Å². The van der Waals surface area contributed by atoms with Gasteiger partial charge in [-0.3, -0.25) is 9.59 Å². The Morgan fingerprint density at radius 1 is 1.14 bits per heavy atom. The number of carbonyl (C=O) groups excluding carboxylic acids is 1. The van der Waals surface area contributed by atoms with E-state index in [1.165, 1.54) is 0 Å². The molecule has 1 saturated carbocycles. The summed E-state index contributed by atoms with van der Waals surface area (Å²) in [5.41, 5.74) is 5.88. The first-order valence-electron chi connectivity index (χ1n) is 7.41. The van der Waals surface area contributed by atoms with E-state index in [1.54, 1.807) is 24.3 Å². The first kappa shape index (κ1) is 15.4. The van der Waals surface area contributed by atoms with E-state index >= 15 is 0 Å². The van der Waals surface area contributed by atoms with Crippen LogP contribution in [-0.4, -0.2) is 17.0 Å². The molecular formula is C16H22N2O3. The molecule has 5 heteroatoms. The molecule has 0 saturated heterocycles. The second kappa shape index (κ2) is 6.61. The average Bonchev–Trinajstić information content (AvgIpc) is 2.68. The molecule has 1 aliphatic carbocycles. The zero-order valence-electron chi connectivity index (χ0n) is 12.1. The van der Waals surface area contributed by atoms with Crippen LogP contribution in [0.5, 0.6) is 0 Å². The fourth-order valence-electron chi connectivity index (χ4n) is 2.98. The Bertz CT molecular complexity index is 520. The van der Waals surface area contributed by atoms with E-state index < -0.39 is 11.4 Å². The third kappa shape index (κ3) is 3.74. The number of carboxylic acid groups (broad SMARTS) is 1. The van der Waals surface area contributed by atoms with Crippen molar-refractivity contribution in [2.75, 3.05) is 11.1 Å². The highest BCUT2D eigenvalue weighted by Crippen LogP contribution is 2.38. The zero-order valence-corrected chi connectivity index (χ0v) is 12.1. The van der Waals surface area contributed by atoms with Crippen molar-refractivity contribution in [3.05, 3.63) is 24.3 Å². The topological polar surface area (TPSA) is 92.4 Å². The predicted molar refractivity (Wildman–Crippen MR) is 81.9 cm³/mol. The number of benzene rings is 1. The van der Waals surface area contributed by atoms with Gasteiger partial charge in [0.2, 0.25) is 5.91 Å². The van der Waals surface area contributed by atoms with Crippen LogP contribution in [0.25, 0.3) is 0 Å². The molecule has 5 nitrogen and oxygen atoms in total. The Balaban J connectivity index is 2.08.